The second kappa shape index (κ2) is 9.92. The van der Waals surface area contributed by atoms with Crippen LogP contribution in [0.4, 0.5) is 19.0 Å². The van der Waals surface area contributed by atoms with Crippen molar-refractivity contribution in [3.63, 3.8) is 0 Å². The summed E-state index contributed by atoms with van der Waals surface area (Å²) in [5.74, 6) is 0.139. The van der Waals surface area contributed by atoms with Gasteiger partial charge in [-0.1, -0.05) is 23.3 Å². The lowest BCUT2D eigenvalue weighted by molar-refractivity contribution is -0.137. The number of carbonyl (C=O) groups is 1. The van der Waals surface area contributed by atoms with Crippen LogP contribution in [0, 0.1) is 0 Å². The van der Waals surface area contributed by atoms with Crippen molar-refractivity contribution >= 4 is 43.4 Å². The number of pyridine rings is 1. The lowest BCUT2D eigenvalue weighted by Gasteiger charge is -2.44. The molecule has 1 unspecified atom stereocenters. The fourth-order valence-electron chi connectivity index (χ4n) is 5.57. The zero-order chi connectivity index (χ0) is 27.4. The second-order valence-corrected chi connectivity index (χ2v) is 12.6. The summed E-state index contributed by atoms with van der Waals surface area (Å²) >= 11 is 0. The van der Waals surface area contributed by atoms with Crippen LogP contribution in [0.2, 0.25) is 0 Å². The summed E-state index contributed by atoms with van der Waals surface area (Å²) in [6.45, 7) is 8.10. The minimum absolute atomic E-state index is 0.179. The minimum atomic E-state index is -4.61. The highest BCUT2D eigenvalue weighted by Crippen LogP contribution is 2.52. The number of anilines is 1. The minimum Gasteiger partial charge on any atom is -0.352 e. The lowest BCUT2D eigenvalue weighted by Crippen LogP contribution is -2.58. The number of alkyl halides is 3. The van der Waals surface area contributed by atoms with E-state index in [2.05, 4.69) is 16.5 Å². The Hall–Kier alpha value is -3.05. The Morgan fingerprint density at radius 2 is 1.92 bits per heavy atom. The number of halogens is 4. The number of benzene rings is 1. The molecule has 4 atom stereocenters. The molecule has 12 heteroatoms. The highest BCUT2D eigenvalue weighted by Gasteiger charge is 2.37. The number of aromatic nitrogens is 3. The molecule has 202 valence electrons. The Balaban J connectivity index is 1.70. The molecule has 2 aromatic heterocycles. The van der Waals surface area contributed by atoms with Gasteiger partial charge in [0, 0.05) is 66.1 Å². The van der Waals surface area contributed by atoms with Crippen molar-refractivity contribution in [2.24, 2.45) is 0 Å². The van der Waals surface area contributed by atoms with Crippen LogP contribution >= 0.6 is 20.8 Å². The summed E-state index contributed by atoms with van der Waals surface area (Å²) in [4.78, 5) is 38.2. The molecule has 2 aliphatic rings. The van der Waals surface area contributed by atoms with Crippen molar-refractivity contribution in [1.29, 1.82) is 0 Å². The third-order valence-corrected chi connectivity index (χ3v) is 9.79. The van der Waals surface area contributed by atoms with Gasteiger partial charge in [0.2, 0.25) is 5.91 Å². The van der Waals surface area contributed by atoms with E-state index in [1.807, 2.05) is 19.9 Å². The normalized spacial score (nSPS) is 24.8. The number of amides is 1. The average Bonchev–Trinajstić information content (AvgIpc) is 3.02. The number of hydrogen-bond donors (Lipinski definition) is 1. The van der Waals surface area contributed by atoms with Crippen molar-refractivity contribution in [2.45, 2.75) is 49.5 Å². The molecule has 5 rings (SSSR count). The molecular formula is C26H27ClF3N5O2S. The molecule has 4 heterocycles. The van der Waals surface area contributed by atoms with Gasteiger partial charge in [0.1, 0.15) is 5.82 Å². The van der Waals surface area contributed by atoms with E-state index < -0.39 is 27.5 Å². The smallest absolute Gasteiger partial charge is 0.352 e. The zero-order valence-electron chi connectivity index (χ0n) is 20.8. The molecule has 1 fully saturated rings. The van der Waals surface area contributed by atoms with Crippen LogP contribution in [0.25, 0.3) is 10.9 Å². The van der Waals surface area contributed by atoms with Gasteiger partial charge in [-0.05, 0) is 43.7 Å². The van der Waals surface area contributed by atoms with Gasteiger partial charge in [-0.2, -0.15) is 18.2 Å². The van der Waals surface area contributed by atoms with E-state index in [1.165, 1.54) is 10.6 Å². The Morgan fingerprint density at radius 3 is 2.53 bits per heavy atom. The summed E-state index contributed by atoms with van der Waals surface area (Å²) in [5, 5.41) is 0.234. The van der Waals surface area contributed by atoms with Crippen molar-refractivity contribution in [2.75, 3.05) is 23.7 Å². The number of hydrogen-bond acceptors (Lipinski definition) is 5. The number of piperazine rings is 1. The Kier molecular flexibility index (Phi) is 6.93. The van der Waals surface area contributed by atoms with E-state index >= 15 is 0 Å². The molecule has 1 amide bonds. The predicted octanol–water partition coefficient (Wildman–Crippen LogP) is 4.73. The highest BCUT2D eigenvalue weighted by atomic mass is 35.7. The Bertz CT molecular complexity index is 1450. The van der Waals surface area contributed by atoms with Crippen molar-refractivity contribution in [3.8, 4) is 0 Å². The van der Waals surface area contributed by atoms with Gasteiger partial charge >= 0.3 is 11.9 Å². The van der Waals surface area contributed by atoms with E-state index in [0.717, 1.165) is 17.7 Å². The summed E-state index contributed by atoms with van der Waals surface area (Å²) in [6, 6.07) is 5.27. The van der Waals surface area contributed by atoms with Crippen LogP contribution < -0.4 is 10.6 Å². The maximum absolute atomic E-state index is 14.1. The monoisotopic (exact) mass is 565 g/mol. The topological polar surface area (TPSA) is 71.3 Å². The number of carbonyl (C=O) groups excluding carboxylic acids is 1. The quantitative estimate of drug-likeness (QED) is 0.367. The van der Waals surface area contributed by atoms with Gasteiger partial charge in [-0.25, -0.2) is 4.79 Å². The third kappa shape index (κ3) is 4.66. The van der Waals surface area contributed by atoms with Crippen molar-refractivity contribution in [3.05, 3.63) is 70.9 Å². The summed E-state index contributed by atoms with van der Waals surface area (Å²) < 4.78 is 43.7. The molecule has 0 spiro atoms. The van der Waals surface area contributed by atoms with Gasteiger partial charge in [-0.3, -0.25) is 14.3 Å². The third-order valence-electron chi connectivity index (χ3n) is 7.21. The number of nitrogens with zero attached hydrogens (tertiary/aromatic N) is 5. The average molecular weight is 566 g/mol. The molecule has 38 heavy (non-hydrogen) atoms. The first kappa shape index (κ1) is 26.6. The van der Waals surface area contributed by atoms with E-state index in [9.17, 15) is 22.8 Å². The van der Waals surface area contributed by atoms with E-state index in [1.54, 1.807) is 28.3 Å². The predicted molar refractivity (Wildman–Crippen MR) is 144 cm³/mol. The van der Waals surface area contributed by atoms with Gasteiger partial charge in [-0.15, -0.1) is 10.1 Å². The van der Waals surface area contributed by atoms with Gasteiger partial charge in [0.25, 0.3) is 0 Å². The second-order valence-electron chi connectivity index (χ2n) is 9.80. The van der Waals surface area contributed by atoms with Crippen LogP contribution in [0.3, 0.4) is 0 Å². The molecule has 0 bridgehead atoms. The van der Waals surface area contributed by atoms with Crippen LogP contribution in [-0.2, 0) is 17.5 Å². The van der Waals surface area contributed by atoms with Gasteiger partial charge < -0.3 is 9.80 Å². The van der Waals surface area contributed by atoms with Crippen LogP contribution in [0.5, 0.6) is 0 Å². The molecule has 0 aliphatic carbocycles. The van der Waals surface area contributed by atoms with E-state index in [0.29, 0.717) is 29.3 Å². The maximum Gasteiger partial charge on any atom is 0.416 e. The Morgan fingerprint density at radius 1 is 1.21 bits per heavy atom. The maximum atomic E-state index is 14.1. The first-order valence-corrected chi connectivity index (χ1v) is 14.6. The largest absolute Gasteiger partial charge is 0.416 e. The molecular weight excluding hydrogens is 539 g/mol. The van der Waals surface area contributed by atoms with Crippen molar-refractivity contribution < 1.29 is 18.0 Å². The van der Waals surface area contributed by atoms with Crippen LogP contribution in [0.15, 0.2) is 59.0 Å². The van der Waals surface area contributed by atoms with Crippen LogP contribution in [-0.4, -0.2) is 56.3 Å². The zero-order valence-corrected chi connectivity index (χ0v) is 22.5. The molecule has 1 saturated heterocycles. The molecule has 0 saturated carbocycles. The SMILES string of the molecule is C=CC(=O)N1[C@H](C)CN(c2nc(=O)n3c4c(cc(C(F)(F)F)cc24)[SH](Cl)C[C@@H](c2cccnc2)C3)C[C@@H]1C. The lowest BCUT2D eigenvalue weighted by atomic mass is 10.0. The molecule has 2 aliphatic heterocycles. The van der Waals surface area contributed by atoms with Gasteiger partial charge in [0.15, 0.2) is 0 Å². The molecule has 0 radical (unpaired) electrons. The summed E-state index contributed by atoms with van der Waals surface area (Å²) in [7, 11) is 5.31. The first-order valence-electron chi connectivity index (χ1n) is 12.2. The number of thiol groups is 1. The first-order chi connectivity index (χ1) is 18.0. The van der Waals surface area contributed by atoms with E-state index in [4.69, 9.17) is 10.7 Å². The van der Waals surface area contributed by atoms with Crippen LogP contribution in [0.1, 0.15) is 30.9 Å². The number of rotatable bonds is 3. The summed E-state index contributed by atoms with van der Waals surface area (Å²) in [6.07, 6.45) is -0.0329. The molecule has 7 nitrogen and oxygen atoms in total. The fraction of sp³-hybridized carbons (Fsp3) is 0.385. The molecule has 3 aromatic rings. The van der Waals surface area contributed by atoms with Crippen molar-refractivity contribution in [1.82, 2.24) is 19.4 Å². The molecule has 1 aromatic carbocycles. The van der Waals surface area contributed by atoms with Gasteiger partial charge in [0.05, 0.1) is 11.1 Å². The standard InChI is InChI=1S/C26H27ClF3N5O2S/c1-4-22(36)35-15(2)11-33(12-16(35)3)24-20-8-19(26(28,29)30)9-21-23(20)34(25(37)32-24)13-18(14-38(21)27)17-6-5-7-31-10-17/h4-10,15-16,18,38H,1,11-14H2,2-3H3/t15-,16+,18-/m0/s1. The fourth-order valence-corrected chi connectivity index (χ4v) is 8.12. The Labute approximate surface area is 224 Å². The highest BCUT2D eigenvalue weighted by molar-refractivity contribution is 8.36. The van der Waals surface area contributed by atoms with E-state index in [-0.39, 0.29) is 41.7 Å². The molecule has 0 N–H and O–H groups in total. The summed E-state index contributed by atoms with van der Waals surface area (Å²) in [5.41, 5.74) is -0.123.